The summed E-state index contributed by atoms with van der Waals surface area (Å²) in [4.78, 5) is 57.2. The Balaban J connectivity index is 0. The topological polar surface area (TPSA) is 287 Å². The summed E-state index contributed by atoms with van der Waals surface area (Å²) in [5.41, 5.74) is 0. The summed E-state index contributed by atoms with van der Waals surface area (Å²) in [6, 6.07) is 0. The Kier molecular flexibility index (Phi) is 22.3. The molecule has 0 bridgehead atoms. The normalized spacial score (nSPS) is 8.72. The van der Waals surface area contributed by atoms with E-state index in [1.165, 1.54) is 0 Å². The van der Waals surface area contributed by atoms with Crippen molar-refractivity contribution in [2.24, 2.45) is 0 Å². The molecule has 0 spiro atoms. The predicted octanol–water partition coefficient (Wildman–Crippen LogP) is -1.52. The molecule has 6 aromatic rings. The van der Waals surface area contributed by atoms with Crippen LogP contribution in [0.2, 0.25) is 0 Å². The van der Waals surface area contributed by atoms with Crippen molar-refractivity contribution in [2.75, 3.05) is 0 Å². The maximum Gasteiger partial charge on any atom is 6.00 e. The minimum absolute atomic E-state index is 0. The van der Waals surface area contributed by atoms with Gasteiger partial charge in [0.1, 0.15) is 0 Å². The summed E-state index contributed by atoms with van der Waals surface area (Å²) in [6.45, 7) is 0. The van der Waals surface area contributed by atoms with Gasteiger partial charge in [-0.15, -0.1) is 0 Å². The third-order valence-electron chi connectivity index (χ3n) is 1.79. The van der Waals surface area contributed by atoms with E-state index >= 15 is 0 Å². The van der Waals surface area contributed by atoms with Crippen molar-refractivity contribution in [3.63, 3.8) is 0 Å². The van der Waals surface area contributed by atoms with Gasteiger partial charge in [0, 0.05) is 126 Å². The van der Waals surface area contributed by atoms with Crippen molar-refractivity contribution in [2.45, 2.75) is 0 Å². The molecule has 0 aliphatic heterocycles. The van der Waals surface area contributed by atoms with Crippen molar-refractivity contribution >= 4 is 176 Å². The number of hydrogen-bond donors (Lipinski definition) is 0. The SMILES string of the molecule is O=C([O-])n1ss1.O=C([O-])n1ss1.O=C([O-])n1ss1.O=C([O-])n1ss1.O=C([O-])n1ss1.O=C([O-])n1ss1.O=S.[Mo+6]. The summed E-state index contributed by atoms with van der Waals surface area (Å²) in [5, 5.41) is 57.2. The fourth-order valence-electron chi connectivity index (χ4n) is 0.465. The van der Waals surface area contributed by atoms with Crippen LogP contribution in [-0.2, 0) is 33.6 Å². The number of carboxylic acid groups (broad SMARTS) is 6. The Morgan fingerprint density at radius 1 is 0.333 bits per heavy atom. The largest absolute Gasteiger partial charge is 6.00 e. The van der Waals surface area contributed by atoms with Gasteiger partial charge in [0.05, 0.1) is 0 Å². The standard InChI is InChI=1S/6CHNO2S2.Mo.OS/c6*3-1(4)2-5-6-2;;1-2/h6*(H,3,4);;/q;;;;;;+6;/p-6. The van der Waals surface area contributed by atoms with Crippen molar-refractivity contribution in [1.82, 2.24) is 20.1 Å². The van der Waals surface area contributed by atoms with Crippen LogP contribution >= 0.6 is 126 Å². The monoisotopic (exact) mass is 877 g/mol. The fourth-order valence-corrected chi connectivity index (χ4v) is 4.19. The molecule has 39 heavy (non-hydrogen) atoms. The average Bonchev–Trinajstić information content (AvgIpc) is 3.68. The molecule has 19 nitrogen and oxygen atoms in total. The molecular formula is C6MoN6O13S13. The zero-order chi connectivity index (χ0) is 29.4. The minimum atomic E-state index is -1.12. The molecule has 6 aromatic heterocycles. The first kappa shape index (κ1) is 40.1. The summed E-state index contributed by atoms with van der Waals surface area (Å²) < 4.78 is 14.2. The number of carbonyl (C=O) groups is 6. The first-order valence-corrected chi connectivity index (χ1v) is 19.9. The van der Waals surface area contributed by atoms with Gasteiger partial charge in [-0.1, -0.05) is 0 Å². The van der Waals surface area contributed by atoms with Crippen LogP contribution in [0.15, 0.2) is 0 Å². The first-order valence-electron chi connectivity index (χ1n) is 7.15. The predicted molar refractivity (Wildman–Crippen MR) is 134 cm³/mol. The summed E-state index contributed by atoms with van der Waals surface area (Å²) in [5.74, 6) is 0. The molecule has 216 valence electrons. The Morgan fingerprint density at radius 3 is 0.410 bits per heavy atom. The van der Waals surface area contributed by atoms with E-state index in [4.69, 9.17) is 4.21 Å². The van der Waals surface area contributed by atoms with Crippen LogP contribution in [0.3, 0.4) is 0 Å². The number of nitrogens with zero attached hydrogens (tertiary/aromatic N) is 6. The zero-order valence-corrected chi connectivity index (χ0v) is 29.3. The molecule has 6 rings (SSSR count). The molecule has 0 fully saturated rings. The van der Waals surface area contributed by atoms with Gasteiger partial charge in [0.25, 0.3) is 0 Å². The van der Waals surface area contributed by atoms with Gasteiger partial charge < -0.3 is 59.4 Å². The molecule has 0 radical (unpaired) electrons. The van der Waals surface area contributed by atoms with Gasteiger partial charge >= 0.3 is 21.1 Å². The van der Waals surface area contributed by atoms with E-state index in [1.54, 1.807) is 0 Å². The second-order valence-electron chi connectivity index (χ2n) is 4.03. The van der Waals surface area contributed by atoms with Gasteiger partial charge in [0.15, 0.2) is 49.1 Å². The van der Waals surface area contributed by atoms with Crippen LogP contribution in [0.25, 0.3) is 0 Å². The van der Waals surface area contributed by atoms with Gasteiger partial charge in [-0.05, 0) is 0 Å². The molecule has 0 amide bonds. The zero-order valence-electron chi connectivity index (χ0n) is 16.7. The molecule has 0 saturated heterocycles. The van der Waals surface area contributed by atoms with Crippen LogP contribution in [0, 0.1) is 0 Å². The smallest absolute Gasteiger partial charge is 0.528 e. The van der Waals surface area contributed by atoms with Crippen LogP contribution in [0.1, 0.15) is 0 Å². The van der Waals surface area contributed by atoms with Crippen molar-refractivity contribution in [1.29, 1.82) is 0 Å². The van der Waals surface area contributed by atoms with E-state index in [1.807, 2.05) is 0 Å². The van der Waals surface area contributed by atoms with Crippen molar-refractivity contribution in [3.05, 3.63) is 0 Å². The Labute approximate surface area is 277 Å². The van der Waals surface area contributed by atoms with Gasteiger partial charge in [-0.2, -0.15) is 24.3 Å². The summed E-state index contributed by atoms with van der Waals surface area (Å²) in [6.07, 6.45) is -6.72. The van der Waals surface area contributed by atoms with E-state index in [0.717, 1.165) is 147 Å². The van der Waals surface area contributed by atoms with Gasteiger partial charge in [0.2, 0.25) is 0 Å². The Bertz CT molecular complexity index is 1060. The van der Waals surface area contributed by atoms with Crippen molar-refractivity contribution in [3.8, 4) is 0 Å². The van der Waals surface area contributed by atoms with E-state index in [9.17, 15) is 59.4 Å². The van der Waals surface area contributed by atoms with Crippen LogP contribution in [0.5, 0.6) is 0 Å². The quantitative estimate of drug-likeness (QED) is 0.124. The third-order valence-corrected chi connectivity index (χ3v) is 10.7. The average molecular weight is 877 g/mol. The van der Waals surface area contributed by atoms with E-state index in [-0.39, 0.29) is 21.1 Å². The van der Waals surface area contributed by atoms with Crippen LogP contribution in [-0.4, -0.2) is 60.8 Å². The van der Waals surface area contributed by atoms with E-state index in [2.05, 4.69) is 12.5 Å². The maximum absolute atomic E-state index is 9.53. The Morgan fingerprint density at radius 2 is 0.410 bits per heavy atom. The third kappa shape index (κ3) is 26.9. The molecule has 0 saturated carbocycles. The molecule has 0 N–H and O–H groups in total. The minimum Gasteiger partial charge on any atom is -0.528 e. The number of hydrogen-bond acceptors (Lipinski definition) is 26. The number of rotatable bonds is 0. The first-order chi connectivity index (χ1) is 17.8. The number of aromatic nitrogens is 6. The molecule has 0 unspecified atom stereocenters. The van der Waals surface area contributed by atoms with Gasteiger partial charge in [-0.3, -0.25) is 0 Å². The second kappa shape index (κ2) is 21.7. The fraction of sp³-hybridized carbons (Fsp3) is 0. The summed E-state index contributed by atoms with van der Waals surface area (Å²) >= 11 is 2.83. The Hall–Kier alpha value is -1.03. The second-order valence-corrected chi connectivity index (χ2v) is 17.0. The molecule has 33 heteroatoms. The van der Waals surface area contributed by atoms with Crippen LogP contribution < -0.4 is 30.6 Å². The molecule has 6 heterocycles. The van der Waals surface area contributed by atoms with Crippen molar-refractivity contribution < 1.29 is 84.7 Å². The van der Waals surface area contributed by atoms with Gasteiger partial charge in [-0.25, -0.2) is 0 Å². The summed E-state index contributed by atoms with van der Waals surface area (Å²) in [7, 11) is 14.0. The number of carbonyl (C=O) groups excluding carboxylic acids is 6. The molecule has 0 aromatic carbocycles. The molecule has 0 atom stereocenters. The van der Waals surface area contributed by atoms with Crippen LogP contribution in [0.4, 0.5) is 28.8 Å². The van der Waals surface area contributed by atoms with E-state index < -0.39 is 36.6 Å². The molecule has 0 aliphatic carbocycles. The molecule has 0 aliphatic rings. The van der Waals surface area contributed by atoms with E-state index in [0.29, 0.717) is 0 Å². The maximum atomic E-state index is 9.53. The molecular weight excluding hydrogens is 877 g/mol.